The zero-order chi connectivity index (χ0) is 13.6. The van der Waals surface area contributed by atoms with Gasteiger partial charge in [0.2, 0.25) is 0 Å². The Labute approximate surface area is 112 Å². The van der Waals surface area contributed by atoms with Gasteiger partial charge < -0.3 is 4.52 Å². The van der Waals surface area contributed by atoms with E-state index in [2.05, 4.69) is 45.5 Å². The molecule has 0 aliphatic carbocycles. The van der Waals surface area contributed by atoms with Crippen LogP contribution in [0.2, 0.25) is 0 Å². The molecular weight excluding hydrogens is 260 g/mol. The van der Waals surface area contributed by atoms with Gasteiger partial charge >= 0.3 is 0 Å². The topological polar surface area (TPSA) is 125 Å². The molecule has 20 heavy (non-hydrogen) atoms. The number of hydrogen-bond acceptors (Lipinski definition) is 6. The van der Waals surface area contributed by atoms with Gasteiger partial charge in [-0.3, -0.25) is 10.2 Å². The van der Waals surface area contributed by atoms with Crippen LogP contribution < -0.4 is 0 Å². The summed E-state index contributed by atoms with van der Waals surface area (Å²) < 4.78 is 4.64. The predicted octanol–water partition coefficient (Wildman–Crippen LogP) is 1.26. The van der Waals surface area contributed by atoms with Crippen molar-refractivity contribution in [2.75, 3.05) is 0 Å². The molecule has 0 fully saturated rings. The zero-order valence-corrected chi connectivity index (χ0v) is 10.2. The summed E-state index contributed by atoms with van der Waals surface area (Å²) in [5.74, 6) is 0. The van der Waals surface area contributed by atoms with Crippen LogP contribution in [0.4, 0.5) is 0 Å². The standard InChI is InChI=1S/C6H5N3O.C5H5N5/c1-3-7-8-5(1)6-2-4-10-9-6;1-2-6-8-4(1)5-3-7-10-9-5/h1-4H,(H,7,8);1-3H,(H,6,8)(H,7,9,10). The molecule has 0 saturated carbocycles. The Kier molecular flexibility index (Phi) is 3.32. The number of aromatic amines is 3. The first kappa shape index (κ1) is 11.8. The van der Waals surface area contributed by atoms with Crippen molar-refractivity contribution in [2.24, 2.45) is 0 Å². The minimum absolute atomic E-state index is 0.775. The lowest BCUT2D eigenvalue weighted by atomic mass is 10.3. The van der Waals surface area contributed by atoms with Crippen LogP contribution in [-0.4, -0.2) is 41.0 Å². The smallest absolute Gasteiger partial charge is 0.131 e. The molecule has 0 unspecified atom stereocenters. The highest BCUT2D eigenvalue weighted by Gasteiger charge is 1.99. The summed E-state index contributed by atoms with van der Waals surface area (Å²) in [4.78, 5) is 0. The highest BCUT2D eigenvalue weighted by atomic mass is 16.5. The van der Waals surface area contributed by atoms with Crippen LogP contribution in [-0.2, 0) is 0 Å². The Hall–Kier alpha value is -3.23. The number of rotatable bonds is 2. The fraction of sp³-hybridized carbons (Fsp3) is 0. The molecule has 4 aromatic heterocycles. The van der Waals surface area contributed by atoms with E-state index in [4.69, 9.17) is 0 Å². The predicted molar refractivity (Wildman–Crippen MR) is 68.0 cm³/mol. The van der Waals surface area contributed by atoms with Crippen molar-refractivity contribution < 1.29 is 4.52 Å². The minimum Gasteiger partial charge on any atom is -0.364 e. The van der Waals surface area contributed by atoms with Gasteiger partial charge in [-0.05, 0) is 12.1 Å². The van der Waals surface area contributed by atoms with Crippen molar-refractivity contribution in [3.05, 3.63) is 43.1 Å². The van der Waals surface area contributed by atoms with Crippen LogP contribution in [0.15, 0.2) is 47.6 Å². The number of aromatic nitrogens is 8. The molecule has 0 amide bonds. The first-order valence-corrected chi connectivity index (χ1v) is 5.69. The summed E-state index contributed by atoms with van der Waals surface area (Å²) in [5, 5.41) is 26.8. The molecule has 9 nitrogen and oxygen atoms in total. The summed E-state index contributed by atoms with van der Waals surface area (Å²) in [7, 11) is 0. The molecule has 3 N–H and O–H groups in total. The Morgan fingerprint density at radius 1 is 0.850 bits per heavy atom. The summed E-state index contributed by atoms with van der Waals surface area (Å²) in [5.41, 5.74) is 3.29. The summed E-state index contributed by atoms with van der Waals surface area (Å²) >= 11 is 0. The highest BCUT2D eigenvalue weighted by molar-refractivity contribution is 5.51. The molecule has 0 aliphatic rings. The van der Waals surface area contributed by atoms with Crippen LogP contribution in [0, 0.1) is 0 Å². The molecule has 0 radical (unpaired) electrons. The van der Waals surface area contributed by atoms with Crippen LogP contribution in [0.1, 0.15) is 0 Å². The van der Waals surface area contributed by atoms with E-state index in [1.807, 2.05) is 12.1 Å². The molecule has 4 aromatic rings. The monoisotopic (exact) mass is 270 g/mol. The second kappa shape index (κ2) is 5.61. The van der Waals surface area contributed by atoms with Gasteiger partial charge in [0.05, 0.1) is 17.6 Å². The van der Waals surface area contributed by atoms with E-state index in [0.717, 1.165) is 22.8 Å². The third-order valence-corrected chi connectivity index (χ3v) is 2.41. The Balaban J connectivity index is 0.000000121. The molecule has 4 heterocycles. The van der Waals surface area contributed by atoms with E-state index < -0.39 is 0 Å². The SMILES string of the molecule is c1cc(-c2ccon2)[nH]n1.c1cc(-c2cn[nH]n2)[nH]n1. The summed E-state index contributed by atoms with van der Waals surface area (Å²) in [6, 6.07) is 5.43. The maximum atomic E-state index is 4.64. The first-order chi connectivity index (χ1) is 9.93. The van der Waals surface area contributed by atoms with Gasteiger partial charge in [0.25, 0.3) is 0 Å². The third kappa shape index (κ3) is 2.61. The maximum absolute atomic E-state index is 4.64. The molecule has 100 valence electrons. The number of hydrogen-bond donors (Lipinski definition) is 3. The fourth-order valence-electron chi connectivity index (χ4n) is 1.48. The maximum Gasteiger partial charge on any atom is 0.131 e. The second-order valence-corrected chi connectivity index (χ2v) is 3.68. The van der Waals surface area contributed by atoms with E-state index >= 15 is 0 Å². The molecule has 0 spiro atoms. The summed E-state index contributed by atoms with van der Waals surface area (Å²) in [6.07, 6.45) is 6.50. The largest absolute Gasteiger partial charge is 0.364 e. The summed E-state index contributed by atoms with van der Waals surface area (Å²) in [6.45, 7) is 0. The van der Waals surface area contributed by atoms with Crippen molar-refractivity contribution in [1.29, 1.82) is 0 Å². The van der Waals surface area contributed by atoms with Crippen molar-refractivity contribution in [3.63, 3.8) is 0 Å². The number of H-pyrrole nitrogens is 3. The second-order valence-electron chi connectivity index (χ2n) is 3.68. The Morgan fingerprint density at radius 3 is 2.10 bits per heavy atom. The number of nitrogens with one attached hydrogen (secondary N) is 3. The Bertz CT molecular complexity index is 568. The highest BCUT2D eigenvalue weighted by Crippen LogP contribution is 2.11. The lowest BCUT2D eigenvalue weighted by molar-refractivity contribution is 0.422. The van der Waals surface area contributed by atoms with Gasteiger partial charge in [-0.15, -0.1) is 0 Å². The van der Waals surface area contributed by atoms with Gasteiger partial charge in [-0.2, -0.15) is 25.6 Å². The lowest BCUT2D eigenvalue weighted by Gasteiger charge is -1.82. The van der Waals surface area contributed by atoms with Crippen LogP contribution in [0.25, 0.3) is 22.8 Å². The lowest BCUT2D eigenvalue weighted by Crippen LogP contribution is -1.76. The van der Waals surface area contributed by atoms with Gasteiger partial charge in [0.15, 0.2) is 0 Å². The first-order valence-electron chi connectivity index (χ1n) is 5.69. The van der Waals surface area contributed by atoms with E-state index in [9.17, 15) is 0 Å². The molecule has 0 saturated heterocycles. The van der Waals surface area contributed by atoms with Gasteiger partial charge in [-0.25, -0.2) is 0 Å². The molecule has 0 aliphatic heterocycles. The Morgan fingerprint density at radius 2 is 1.60 bits per heavy atom. The zero-order valence-electron chi connectivity index (χ0n) is 10.2. The fourth-order valence-corrected chi connectivity index (χ4v) is 1.48. The van der Waals surface area contributed by atoms with Gasteiger partial charge in [0, 0.05) is 18.5 Å². The molecular formula is C11H10N8O. The molecule has 0 atom stereocenters. The quantitative estimate of drug-likeness (QED) is 0.503. The molecule has 4 rings (SSSR count). The van der Waals surface area contributed by atoms with Crippen LogP contribution >= 0.6 is 0 Å². The van der Waals surface area contributed by atoms with E-state index in [-0.39, 0.29) is 0 Å². The van der Waals surface area contributed by atoms with Crippen LogP contribution in [0.3, 0.4) is 0 Å². The normalized spacial score (nSPS) is 10.0. The van der Waals surface area contributed by atoms with Crippen molar-refractivity contribution in [3.8, 4) is 22.8 Å². The van der Waals surface area contributed by atoms with E-state index in [0.29, 0.717) is 0 Å². The van der Waals surface area contributed by atoms with Crippen molar-refractivity contribution >= 4 is 0 Å². The van der Waals surface area contributed by atoms with Crippen molar-refractivity contribution in [2.45, 2.75) is 0 Å². The molecule has 0 aromatic carbocycles. The molecule has 9 heteroatoms. The average Bonchev–Trinajstić information content (AvgIpc) is 3.29. The third-order valence-electron chi connectivity index (χ3n) is 2.41. The van der Waals surface area contributed by atoms with Gasteiger partial charge in [0.1, 0.15) is 17.7 Å². The minimum atomic E-state index is 0.775. The average molecular weight is 270 g/mol. The number of nitrogens with zero attached hydrogens (tertiary/aromatic N) is 5. The van der Waals surface area contributed by atoms with E-state index in [1.165, 1.54) is 6.26 Å². The van der Waals surface area contributed by atoms with Gasteiger partial charge in [-0.1, -0.05) is 5.16 Å². The molecule has 0 bridgehead atoms. The van der Waals surface area contributed by atoms with E-state index in [1.54, 1.807) is 24.7 Å². The van der Waals surface area contributed by atoms with Crippen LogP contribution in [0.5, 0.6) is 0 Å². The van der Waals surface area contributed by atoms with Crippen molar-refractivity contribution in [1.82, 2.24) is 41.0 Å².